The summed E-state index contributed by atoms with van der Waals surface area (Å²) >= 11 is 0. The van der Waals surface area contributed by atoms with Gasteiger partial charge in [-0.2, -0.15) is 0 Å². The molecule has 2 N–H and O–H groups in total. The van der Waals surface area contributed by atoms with Crippen molar-refractivity contribution in [3.05, 3.63) is 54.2 Å². The standard InChI is InChI=1S/C18H15N3O/c1-19-15-6-4-12-9-11-5-7-16-13(3-2-8-20-16)17(11)21-18(12)14(15)10-22/h2-9,19,22H,10H2,1H3. The van der Waals surface area contributed by atoms with Crippen molar-refractivity contribution < 1.29 is 5.11 Å². The van der Waals surface area contributed by atoms with Gasteiger partial charge in [0.05, 0.1) is 23.2 Å². The minimum Gasteiger partial charge on any atom is -0.392 e. The highest BCUT2D eigenvalue weighted by Crippen LogP contribution is 2.30. The number of benzene rings is 2. The number of anilines is 1. The smallest absolute Gasteiger partial charge is 0.0803 e. The third-order valence-corrected chi connectivity index (χ3v) is 4.06. The predicted molar refractivity (Wildman–Crippen MR) is 90.0 cm³/mol. The summed E-state index contributed by atoms with van der Waals surface area (Å²) in [6, 6.07) is 14.1. The van der Waals surface area contributed by atoms with Gasteiger partial charge in [0.15, 0.2) is 0 Å². The average molecular weight is 289 g/mol. The van der Waals surface area contributed by atoms with Crippen LogP contribution in [0.5, 0.6) is 0 Å². The number of aliphatic hydroxyl groups excluding tert-OH is 1. The molecule has 0 spiro atoms. The first-order valence-corrected chi connectivity index (χ1v) is 7.20. The summed E-state index contributed by atoms with van der Waals surface area (Å²) in [6.07, 6.45) is 1.79. The molecule has 0 aliphatic rings. The molecule has 2 aromatic carbocycles. The van der Waals surface area contributed by atoms with Gasteiger partial charge in [-0.3, -0.25) is 4.98 Å². The van der Waals surface area contributed by atoms with Gasteiger partial charge in [-0.15, -0.1) is 0 Å². The zero-order valence-corrected chi connectivity index (χ0v) is 12.2. The molecular weight excluding hydrogens is 274 g/mol. The van der Waals surface area contributed by atoms with Crippen molar-refractivity contribution in [2.45, 2.75) is 6.61 Å². The Balaban J connectivity index is 2.19. The lowest BCUT2D eigenvalue weighted by Crippen LogP contribution is -1.98. The fourth-order valence-electron chi connectivity index (χ4n) is 2.97. The van der Waals surface area contributed by atoms with Crippen molar-refractivity contribution in [3.63, 3.8) is 0 Å². The topological polar surface area (TPSA) is 58.0 Å². The molecule has 0 amide bonds. The van der Waals surface area contributed by atoms with Gasteiger partial charge in [-0.1, -0.05) is 12.1 Å². The molecule has 4 aromatic rings. The van der Waals surface area contributed by atoms with Crippen LogP contribution in [0.2, 0.25) is 0 Å². The SMILES string of the molecule is CNc1ccc2cc3ccc4ncccc4c3nc2c1CO. The molecule has 0 aliphatic heterocycles. The monoisotopic (exact) mass is 289 g/mol. The van der Waals surface area contributed by atoms with Gasteiger partial charge in [-0.25, -0.2) is 4.98 Å². The van der Waals surface area contributed by atoms with Crippen molar-refractivity contribution in [1.29, 1.82) is 0 Å². The lowest BCUT2D eigenvalue weighted by atomic mass is 10.0. The van der Waals surface area contributed by atoms with Crippen molar-refractivity contribution >= 4 is 38.4 Å². The Morgan fingerprint density at radius 2 is 1.86 bits per heavy atom. The Bertz CT molecular complexity index is 1010. The van der Waals surface area contributed by atoms with E-state index in [1.807, 2.05) is 43.4 Å². The van der Waals surface area contributed by atoms with Crippen LogP contribution in [0.25, 0.3) is 32.7 Å². The molecule has 0 unspecified atom stereocenters. The van der Waals surface area contributed by atoms with Crippen molar-refractivity contribution in [2.24, 2.45) is 0 Å². The fourth-order valence-corrected chi connectivity index (χ4v) is 2.97. The summed E-state index contributed by atoms with van der Waals surface area (Å²) in [4.78, 5) is 9.23. The van der Waals surface area contributed by atoms with Gasteiger partial charge >= 0.3 is 0 Å². The second kappa shape index (κ2) is 4.93. The highest BCUT2D eigenvalue weighted by molar-refractivity contribution is 6.08. The predicted octanol–water partition coefficient (Wildman–Crippen LogP) is 3.47. The lowest BCUT2D eigenvalue weighted by molar-refractivity contribution is 0.284. The minimum atomic E-state index is -0.0466. The van der Waals surface area contributed by atoms with Crippen molar-refractivity contribution in [2.75, 3.05) is 12.4 Å². The first-order valence-electron chi connectivity index (χ1n) is 7.20. The Labute approximate surface area is 127 Å². The van der Waals surface area contributed by atoms with Crippen LogP contribution in [-0.2, 0) is 6.61 Å². The third-order valence-electron chi connectivity index (χ3n) is 4.06. The molecule has 0 saturated heterocycles. The zero-order valence-electron chi connectivity index (χ0n) is 12.2. The summed E-state index contributed by atoms with van der Waals surface area (Å²) in [7, 11) is 1.85. The average Bonchev–Trinajstić information content (AvgIpc) is 2.58. The van der Waals surface area contributed by atoms with E-state index in [0.717, 1.165) is 44.0 Å². The van der Waals surface area contributed by atoms with Crippen molar-refractivity contribution in [3.8, 4) is 0 Å². The van der Waals surface area contributed by atoms with Crippen LogP contribution in [-0.4, -0.2) is 22.1 Å². The maximum absolute atomic E-state index is 9.74. The van der Waals surface area contributed by atoms with Crippen molar-refractivity contribution in [1.82, 2.24) is 9.97 Å². The molecular formula is C18H15N3O. The van der Waals surface area contributed by atoms with E-state index in [9.17, 15) is 5.11 Å². The Hall–Kier alpha value is -2.72. The molecule has 2 heterocycles. The van der Waals surface area contributed by atoms with E-state index in [2.05, 4.69) is 16.4 Å². The molecule has 2 aromatic heterocycles. The fraction of sp³-hybridized carbons (Fsp3) is 0.111. The van der Waals surface area contributed by atoms with E-state index in [-0.39, 0.29) is 6.61 Å². The largest absolute Gasteiger partial charge is 0.392 e. The van der Waals surface area contributed by atoms with Gasteiger partial charge < -0.3 is 10.4 Å². The summed E-state index contributed by atoms with van der Waals surface area (Å²) in [5.74, 6) is 0. The highest BCUT2D eigenvalue weighted by Gasteiger charge is 2.10. The molecule has 0 radical (unpaired) electrons. The second-order valence-corrected chi connectivity index (χ2v) is 5.27. The third kappa shape index (κ3) is 1.81. The Morgan fingerprint density at radius 1 is 1.05 bits per heavy atom. The molecule has 108 valence electrons. The van der Waals surface area contributed by atoms with Gasteiger partial charge in [0, 0.05) is 40.7 Å². The molecule has 22 heavy (non-hydrogen) atoms. The highest BCUT2D eigenvalue weighted by atomic mass is 16.3. The van der Waals surface area contributed by atoms with Gasteiger partial charge in [0.2, 0.25) is 0 Å². The van der Waals surface area contributed by atoms with Crippen LogP contribution in [0.15, 0.2) is 48.7 Å². The molecule has 4 rings (SSSR count). The number of aromatic nitrogens is 2. The number of nitrogens with one attached hydrogen (secondary N) is 1. The van der Waals surface area contributed by atoms with E-state index >= 15 is 0 Å². The van der Waals surface area contributed by atoms with Crippen LogP contribution < -0.4 is 5.32 Å². The van der Waals surface area contributed by atoms with E-state index in [4.69, 9.17) is 4.98 Å². The lowest BCUT2D eigenvalue weighted by Gasteiger charge is -2.11. The number of fused-ring (bicyclic) bond motifs is 4. The molecule has 0 atom stereocenters. The first-order chi connectivity index (χ1) is 10.8. The quantitative estimate of drug-likeness (QED) is 0.438. The number of nitrogens with zero attached hydrogens (tertiary/aromatic N) is 2. The minimum absolute atomic E-state index is 0.0466. The maximum Gasteiger partial charge on any atom is 0.0803 e. The zero-order chi connectivity index (χ0) is 15.1. The van der Waals surface area contributed by atoms with Gasteiger partial charge in [0.25, 0.3) is 0 Å². The molecule has 0 aliphatic carbocycles. The van der Waals surface area contributed by atoms with E-state index < -0.39 is 0 Å². The van der Waals surface area contributed by atoms with Crippen LogP contribution in [0.4, 0.5) is 5.69 Å². The maximum atomic E-state index is 9.74. The molecule has 4 nitrogen and oxygen atoms in total. The van der Waals surface area contributed by atoms with Crippen LogP contribution >= 0.6 is 0 Å². The van der Waals surface area contributed by atoms with Crippen LogP contribution in [0, 0.1) is 0 Å². The summed E-state index contributed by atoms with van der Waals surface area (Å²) in [5.41, 5.74) is 4.40. The normalized spacial score (nSPS) is 11.4. The number of pyridine rings is 2. The molecule has 4 heteroatoms. The van der Waals surface area contributed by atoms with Gasteiger partial charge in [0.1, 0.15) is 0 Å². The number of hydrogen-bond donors (Lipinski definition) is 2. The molecule has 0 saturated carbocycles. The van der Waals surface area contributed by atoms with E-state index in [1.54, 1.807) is 6.20 Å². The van der Waals surface area contributed by atoms with E-state index in [0.29, 0.717) is 0 Å². The first kappa shape index (κ1) is 13.0. The molecule has 0 fully saturated rings. The molecule has 0 bridgehead atoms. The van der Waals surface area contributed by atoms with Crippen LogP contribution in [0.1, 0.15) is 5.56 Å². The Morgan fingerprint density at radius 3 is 2.68 bits per heavy atom. The summed E-state index contributed by atoms with van der Waals surface area (Å²) in [5, 5.41) is 16.0. The number of aliphatic hydroxyl groups is 1. The van der Waals surface area contributed by atoms with E-state index in [1.165, 1.54) is 0 Å². The Kier molecular flexibility index (Phi) is 2.91. The second-order valence-electron chi connectivity index (χ2n) is 5.27. The summed E-state index contributed by atoms with van der Waals surface area (Å²) < 4.78 is 0. The van der Waals surface area contributed by atoms with Gasteiger partial charge in [-0.05, 0) is 30.3 Å². The van der Waals surface area contributed by atoms with Crippen LogP contribution in [0.3, 0.4) is 0 Å². The summed E-state index contributed by atoms with van der Waals surface area (Å²) in [6.45, 7) is -0.0466. The number of hydrogen-bond acceptors (Lipinski definition) is 4. The number of rotatable bonds is 2.